The largest absolute Gasteiger partial charge is 0.398 e. The molecule has 0 amide bonds. The van der Waals surface area contributed by atoms with Crippen LogP contribution in [-0.2, 0) is 5.41 Å². The minimum atomic E-state index is -0.919. The topological polar surface area (TPSA) is 69.2 Å². The summed E-state index contributed by atoms with van der Waals surface area (Å²) in [7, 11) is 0. The van der Waals surface area contributed by atoms with Crippen LogP contribution in [0.15, 0.2) is 133 Å². The molecule has 0 fully saturated rings. The molecule has 6 rings (SSSR count). The van der Waals surface area contributed by atoms with Gasteiger partial charge in [-0.05, 0) is 56.0 Å². The van der Waals surface area contributed by atoms with E-state index in [2.05, 4.69) is 0 Å². The number of halogens is 1. The number of rotatable bonds is 6. The lowest BCUT2D eigenvalue weighted by atomic mass is 9.82. The van der Waals surface area contributed by atoms with Gasteiger partial charge in [-0.25, -0.2) is 0 Å². The molecular formula is C40H33FN2O2. The van der Waals surface area contributed by atoms with E-state index < -0.39 is 34.6 Å². The van der Waals surface area contributed by atoms with Gasteiger partial charge in [0.1, 0.15) is 0 Å². The smallest absolute Gasteiger partial charge is 0.305 e. The molecule has 0 heterocycles. The number of nitro benzene ring substituents is 1. The Morgan fingerprint density at radius 1 is 0.644 bits per heavy atom. The summed E-state index contributed by atoms with van der Waals surface area (Å²) in [5.41, 5.74) is 12.7. The number of anilines is 1. The van der Waals surface area contributed by atoms with E-state index in [0.717, 1.165) is 22.8 Å². The lowest BCUT2D eigenvalue weighted by molar-refractivity contribution is -0.387. The number of nitrogen functional groups attached to an aromatic ring is 1. The van der Waals surface area contributed by atoms with Crippen LogP contribution in [0.5, 0.6) is 0 Å². The third-order valence-corrected chi connectivity index (χ3v) is 7.90. The van der Waals surface area contributed by atoms with E-state index in [1.807, 2.05) is 87.5 Å². The molecule has 45 heavy (non-hydrogen) atoms. The average Bonchev–Trinajstić information content (AvgIpc) is 3.09. The Morgan fingerprint density at radius 2 is 1.13 bits per heavy atom. The van der Waals surface area contributed by atoms with Crippen LogP contribution >= 0.6 is 0 Å². The summed E-state index contributed by atoms with van der Waals surface area (Å²) in [6.45, 7) is 6.11. The van der Waals surface area contributed by atoms with Crippen LogP contribution in [0.25, 0.3) is 55.6 Å². The Bertz CT molecular complexity index is 2310. The van der Waals surface area contributed by atoms with E-state index in [4.69, 9.17) is 12.6 Å². The summed E-state index contributed by atoms with van der Waals surface area (Å²) >= 11 is 0. The van der Waals surface area contributed by atoms with Gasteiger partial charge >= 0.3 is 5.69 Å². The predicted octanol–water partition coefficient (Wildman–Crippen LogP) is 10.9. The molecule has 0 saturated carbocycles. The molecule has 5 heteroatoms. The van der Waals surface area contributed by atoms with Crippen LogP contribution in [-0.4, -0.2) is 4.92 Å². The van der Waals surface area contributed by atoms with Crippen LogP contribution in [0, 0.1) is 15.9 Å². The van der Waals surface area contributed by atoms with E-state index in [0.29, 0.717) is 39.1 Å². The molecule has 6 aromatic rings. The van der Waals surface area contributed by atoms with Gasteiger partial charge in [-0.2, -0.15) is 4.39 Å². The number of benzene rings is 6. The number of nitro groups is 1. The van der Waals surface area contributed by atoms with Gasteiger partial charge in [0.05, 0.1) is 11.8 Å². The van der Waals surface area contributed by atoms with E-state index in [1.165, 1.54) is 12.1 Å². The van der Waals surface area contributed by atoms with E-state index >= 15 is 4.39 Å². The van der Waals surface area contributed by atoms with Crippen LogP contribution in [0.3, 0.4) is 0 Å². The maximum Gasteiger partial charge on any atom is 0.305 e. The van der Waals surface area contributed by atoms with E-state index in [-0.39, 0.29) is 28.6 Å². The maximum absolute atomic E-state index is 15.5. The highest BCUT2D eigenvalue weighted by atomic mass is 19.1. The van der Waals surface area contributed by atoms with Gasteiger partial charge in [-0.15, -0.1) is 0 Å². The van der Waals surface area contributed by atoms with Crippen molar-refractivity contribution >= 4 is 11.4 Å². The SMILES string of the molecule is [2H]c1c([2H])c([2H])c(-c2cc(-c3cccc(-c4ccccc4-c4ccccc4-c4cccc([N+](=O)[O-])c4F)c3N)cc(C(C)(C)C)c2)c([2H])c1[2H]. The van der Waals surface area contributed by atoms with Crippen LogP contribution in [0.4, 0.5) is 15.8 Å². The van der Waals surface area contributed by atoms with Gasteiger partial charge in [0, 0.05) is 28.4 Å². The second kappa shape index (κ2) is 11.9. The quantitative estimate of drug-likeness (QED) is 0.118. The number of nitrogens with two attached hydrogens (primary N) is 1. The zero-order valence-corrected chi connectivity index (χ0v) is 25.0. The van der Waals surface area contributed by atoms with Gasteiger partial charge in [0.2, 0.25) is 5.82 Å². The number of para-hydroxylation sites is 1. The van der Waals surface area contributed by atoms with Gasteiger partial charge in [-0.3, -0.25) is 10.1 Å². The molecule has 0 unspecified atom stereocenters. The fourth-order valence-corrected chi connectivity index (χ4v) is 5.58. The number of hydrogen-bond donors (Lipinski definition) is 1. The fourth-order valence-electron chi connectivity index (χ4n) is 5.58. The highest BCUT2D eigenvalue weighted by molar-refractivity contribution is 5.98. The first-order chi connectivity index (χ1) is 23.7. The molecule has 0 aliphatic rings. The molecule has 4 nitrogen and oxygen atoms in total. The lowest BCUT2D eigenvalue weighted by Crippen LogP contribution is -2.11. The highest BCUT2D eigenvalue weighted by Gasteiger charge is 2.22. The third kappa shape index (κ3) is 5.73. The second-order valence-corrected chi connectivity index (χ2v) is 11.8. The standard InChI is InChI=1S/C40H33FN2O2/c1-40(2,3)29-24-27(26-13-5-4-6-14-26)23-28(25-29)30-19-11-21-36(39(30)42)34-18-10-8-16-32(34)31-15-7-9-17-33(31)35-20-12-22-37(38(35)41)43(44)45/h4-25H,42H2,1-3H3/i4D,5D,6D,13D,14D. The third-order valence-electron chi connectivity index (χ3n) is 7.90. The number of hydrogen-bond acceptors (Lipinski definition) is 3. The first kappa shape index (κ1) is 23.9. The van der Waals surface area contributed by atoms with Crippen molar-refractivity contribution in [3.05, 3.63) is 155 Å². The van der Waals surface area contributed by atoms with Crippen LogP contribution < -0.4 is 5.73 Å². The molecule has 0 atom stereocenters. The first-order valence-electron chi connectivity index (χ1n) is 16.9. The van der Waals surface area contributed by atoms with Crippen molar-refractivity contribution in [2.75, 3.05) is 5.73 Å². The van der Waals surface area contributed by atoms with Crippen molar-refractivity contribution in [2.45, 2.75) is 26.2 Å². The van der Waals surface area contributed by atoms with Crippen LogP contribution in [0.2, 0.25) is 0 Å². The number of nitrogens with zero attached hydrogens (tertiary/aromatic N) is 1. The van der Waals surface area contributed by atoms with Gasteiger partial charge in [0.15, 0.2) is 0 Å². The Kier molecular flexibility index (Phi) is 6.28. The monoisotopic (exact) mass is 597 g/mol. The van der Waals surface area contributed by atoms with Gasteiger partial charge in [-0.1, -0.05) is 142 Å². The molecular weight excluding hydrogens is 559 g/mol. The van der Waals surface area contributed by atoms with Crippen molar-refractivity contribution in [1.82, 2.24) is 0 Å². The average molecular weight is 598 g/mol. The fraction of sp³-hybridized carbons (Fsp3) is 0.100. The second-order valence-electron chi connectivity index (χ2n) is 11.8. The summed E-state index contributed by atoms with van der Waals surface area (Å²) in [4.78, 5) is 10.8. The summed E-state index contributed by atoms with van der Waals surface area (Å²) in [6.07, 6.45) is 0. The van der Waals surface area contributed by atoms with Crippen molar-refractivity contribution in [1.29, 1.82) is 0 Å². The van der Waals surface area contributed by atoms with Crippen molar-refractivity contribution < 1.29 is 16.2 Å². The normalized spacial score (nSPS) is 12.9. The summed E-state index contributed by atoms with van der Waals surface area (Å²) in [5.74, 6) is -0.919. The summed E-state index contributed by atoms with van der Waals surface area (Å²) < 4.78 is 57.4. The summed E-state index contributed by atoms with van der Waals surface area (Å²) in [5, 5.41) is 11.5. The molecule has 0 spiro atoms. The lowest BCUT2D eigenvalue weighted by Gasteiger charge is -2.23. The van der Waals surface area contributed by atoms with Crippen LogP contribution in [0.1, 0.15) is 33.2 Å². The summed E-state index contributed by atoms with van der Waals surface area (Å²) in [6, 6.07) is 28.2. The Hall–Kier alpha value is -5.55. The zero-order valence-electron chi connectivity index (χ0n) is 30.0. The molecule has 6 aromatic carbocycles. The van der Waals surface area contributed by atoms with E-state index in [9.17, 15) is 10.1 Å². The highest BCUT2D eigenvalue weighted by Crippen LogP contribution is 2.44. The van der Waals surface area contributed by atoms with Crippen molar-refractivity contribution in [3.8, 4) is 55.6 Å². The Morgan fingerprint density at radius 3 is 1.73 bits per heavy atom. The minimum Gasteiger partial charge on any atom is -0.398 e. The Balaban J connectivity index is 1.56. The molecule has 0 radical (unpaired) electrons. The molecule has 222 valence electrons. The molecule has 0 aliphatic heterocycles. The Labute approximate surface area is 269 Å². The maximum atomic E-state index is 15.5. The van der Waals surface area contributed by atoms with Crippen molar-refractivity contribution in [2.24, 2.45) is 0 Å². The molecule has 2 N–H and O–H groups in total. The molecule has 0 aromatic heterocycles. The predicted molar refractivity (Wildman–Crippen MR) is 183 cm³/mol. The first-order valence-corrected chi connectivity index (χ1v) is 14.4. The minimum absolute atomic E-state index is 0.102. The molecule has 0 bridgehead atoms. The molecule has 0 aliphatic carbocycles. The zero-order chi connectivity index (χ0) is 36.1. The van der Waals surface area contributed by atoms with Gasteiger partial charge < -0.3 is 5.73 Å². The molecule has 0 saturated heterocycles. The van der Waals surface area contributed by atoms with Gasteiger partial charge in [0.25, 0.3) is 0 Å². The van der Waals surface area contributed by atoms with E-state index in [1.54, 1.807) is 18.2 Å². The van der Waals surface area contributed by atoms with Crippen molar-refractivity contribution in [3.63, 3.8) is 0 Å².